The molecular weight excluding hydrogens is 134 g/mol. The molecule has 0 bridgehead atoms. The highest BCUT2D eigenvalue weighted by Gasteiger charge is 2.30. The molecule has 0 spiro atoms. The number of hydrogen-bond donors (Lipinski definition) is 0. The molecular formula is C10H19N. The lowest BCUT2D eigenvalue weighted by Crippen LogP contribution is -2.21. The molecule has 1 atom stereocenters. The first-order valence-corrected chi connectivity index (χ1v) is 4.46. The fourth-order valence-electron chi connectivity index (χ4n) is 1.93. The third kappa shape index (κ3) is 2.33. The monoisotopic (exact) mass is 153 g/mol. The van der Waals surface area contributed by atoms with E-state index in [2.05, 4.69) is 25.5 Å². The normalized spacial score (nSPS) is 32.5. The van der Waals surface area contributed by atoms with Crippen molar-refractivity contribution >= 4 is 0 Å². The molecule has 0 radical (unpaired) electrons. The molecule has 0 aliphatic carbocycles. The Balaban J connectivity index is 2.35. The minimum Gasteiger partial charge on any atom is -0.306 e. The SMILES string of the molecule is C=CCCC1(C)CCN(C)C1. The molecule has 1 heterocycles. The molecule has 0 aromatic heterocycles. The van der Waals surface area contributed by atoms with Gasteiger partial charge in [0.15, 0.2) is 0 Å². The summed E-state index contributed by atoms with van der Waals surface area (Å²) in [4.78, 5) is 2.42. The number of hydrogen-bond acceptors (Lipinski definition) is 1. The Morgan fingerprint density at radius 1 is 1.64 bits per heavy atom. The van der Waals surface area contributed by atoms with Crippen molar-refractivity contribution in [3.8, 4) is 0 Å². The summed E-state index contributed by atoms with van der Waals surface area (Å²) >= 11 is 0. The summed E-state index contributed by atoms with van der Waals surface area (Å²) in [6.45, 7) is 8.68. The maximum absolute atomic E-state index is 3.76. The van der Waals surface area contributed by atoms with E-state index in [0.29, 0.717) is 5.41 Å². The van der Waals surface area contributed by atoms with Gasteiger partial charge in [0, 0.05) is 6.54 Å². The van der Waals surface area contributed by atoms with Crippen LogP contribution in [0.3, 0.4) is 0 Å². The van der Waals surface area contributed by atoms with Gasteiger partial charge in [-0.2, -0.15) is 0 Å². The van der Waals surface area contributed by atoms with Crippen molar-refractivity contribution in [2.24, 2.45) is 5.41 Å². The van der Waals surface area contributed by atoms with E-state index in [9.17, 15) is 0 Å². The lowest BCUT2D eigenvalue weighted by molar-refractivity contribution is 0.291. The molecule has 1 rings (SSSR count). The van der Waals surface area contributed by atoms with Crippen molar-refractivity contribution in [2.75, 3.05) is 20.1 Å². The highest BCUT2D eigenvalue weighted by atomic mass is 15.1. The second kappa shape index (κ2) is 3.40. The van der Waals surface area contributed by atoms with Gasteiger partial charge >= 0.3 is 0 Å². The average Bonchev–Trinajstić information content (AvgIpc) is 2.28. The summed E-state index contributed by atoms with van der Waals surface area (Å²) in [6.07, 6.45) is 5.87. The van der Waals surface area contributed by atoms with Crippen molar-refractivity contribution in [2.45, 2.75) is 26.2 Å². The van der Waals surface area contributed by atoms with Gasteiger partial charge in [0.1, 0.15) is 0 Å². The van der Waals surface area contributed by atoms with E-state index in [1.165, 1.54) is 32.4 Å². The first-order valence-electron chi connectivity index (χ1n) is 4.46. The van der Waals surface area contributed by atoms with E-state index in [1.54, 1.807) is 0 Å². The molecule has 11 heavy (non-hydrogen) atoms. The molecule has 0 saturated carbocycles. The Hall–Kier alpha value is -0.300. The lowest BCUT2D eigenvalue weighted by Gasteiger charge is -2.22. The van der Waals surface area contributed by atoms with Gasteiger partial charge < -0.3 is 4.90 Å². The van der Waals surface area contributed by atoms with Crippen LogP contribution >= 0.6 is 0 Å². The van der Waals surface area contributed by atoms with Crippen LogP contribution in [0.5, 0.6) is 0 Å². The molecule has 1 aliphatic rings. The molecule has 0 aromatic rings. The van der Waals surface area contributed by atoms with Crippen LogP contribution in [0.1, 0.15) is 26.2 Å². The Labute approximate surface area is 70.1 Å². The molecule has 64 valence electrons. The Morgan fingerprint density at radius 2 is 2.36 bits per heavy atom. The van der Waals surface area contributed by atoms with Crippen LogP contribution < -0.4 is 0 Å². The van der Waals surface area contributed by atoms with Gasteiger partial charge in [-0.1, -0.05) is 13.0 Å². The fraction of sp³-hybridized carbons (Fsp3) is 0.800. The van der Waals surface area contributed by atoms with Crippen LogP contribution in [0.4, 0.5) is 0 Å². The number of rotatable bonds is 3. The average molecular weight is 153 g/mol. The van der Waals surface area contributed by atoms with Crippen molar-refractivity contribution in [1.82, 2.24) is 4.90 Å². The highest BCUT2D eigenvalue weighted by molar-refractivity contribution is 4.86. The minimum absolute atomic E-state index is 0.572. The molecule has 0 N–H and O–H groups in total. The highest BCUT2D eigenvalue weighted by Crippen LogP contribution is 2.33. The zero-order valence-electron chi connectivity index (χ0n) is 7.77. The fourth-order valence-corrected chi connectivity index (χ4v) is 1.93. The quantitative estimate of drug-likeness (QED) is 0.562. The van der Waals surface area contributed by atoms with Gasteiger partial charge in [0.05, 0.1) is 0 Å². The largest absolute Gasteiger partial charge is 0.306 e. The zero-order chi connectivity index (χ0) is 8.32. The van der Waals surface area contributed by atoms with Crippen molar-refractivity contribution in [3.05, 3.63) is 12.7 Å². The van der Waals surface area contributed by atoms with Crippen molar-refractivity contribution in [3.63, 3.8) is 0 Å². The number of nitrogens with zero attached hydrogens (tertiary/aromatic N) is 1. The molecule has 1 heteroatoms. The number of likely N-dealkylation sites (tertiary alicyclic amines) is 1. The van der Waals surface area contributed by atoms with E-state index in [4.69, 9.17) is 0 Å². The van der Waals surface area contributed by atoms with Crippen molar-refractivity contribution in [1.29, 1.82) is 0 Å². The molecule has 0 aromatic carbocycles. The van der Waals surface area contributed by atoms with E-state index < -0.39 is 0 Å². The second-order valence-corrected chi connectivity index (χ2v) is 4.13. The van der Waals surface area contributed by atoms with Gasteiger partial charge in [-0.3, -0.25) is 0 Å². The number of allylic oxidation sites excluding steroid dienone is 1. The van der Waals surface area contributed by atoms with Crippen LogP contribution in [0.2, 0.25) is 0 Å². The van der Waals surface area contributed by atoms with Crippen molar-refractivity contribution < 1.29 is 0 Å². The maximum Gasteiger partial charge on any atom is 0.00329 e. The molecule has 1 saturated heterocycles. The topological polar surface area (TPSA) is 3.24 Å². The summed E-state index contributed by atoms with van der Waals surface area (Å²) < 4.78 is 0. The van der Waals surface area contributed by atoms with Crippen LogP contribution in [0, 0.1) is 5.41 Å². The summed E-state index contributed by atoms with van der Waals surface area (Å²) in [5.74, 6) is 0. The molecule has 1 nitrogen and oxygen atoms in total. The summed E-state index contributed by atoms with van der Waals surface area (Å²) in [5, 5.41) is 0. The zero-order valence-corrected chi connectivity index (χ0v) is 7.77. The molecule has 1 unspecified atom stereocenters. The Bertz CT molecular complexity index is 142. The van der Waals surface area contributed by atoms with E-state index in [0.717, 1.165) is 0 Å². The standard InChI is InChI=1S/C10H19N/c1-4-5-6-10(2)7-8-11(3)9-10/h4H,1,5-9H2,2-3H3. The predicted molar refractivity (Wildman–Crippen MR) is 49.7 cm³/mol. The van der Waals surface area contributed by atoms with Crippen LogP contribution in [-0.2, 0) is 0 Å². The van der Waals surface area contributed by atoms with Crippen LogP contribution in [0.25, 0.3) is 0 Å². The van der Waals surface area contributed by atoms with E-state index >= 15 is 0 Å². The minimum atomic E-state index is 0.572. The van der Waals surface area contributed by atoms with Gasteiger partial charge in [-0.05, 0) is 38.3 Å². The Morgan fingerprint density at radius 3 is 2.82 bits per heavy atom. The summed E-state index contributed by atoms with van der Waals surface area (Å²) in [5.41, 5.74) is 0.572. The summed E-state index contributed by atoms with van der Waals surface area (Å²) in [6, 6.07) is 0. The van der Waals surface area contributed by atoms with Gasteiger partial charge in [0.25, 0.3) is 0 Å². The van der Waals surface area contributed by atoms with E-state index in [-0.39, 0.29) is 0 Å². The third-order valence-corrected chi connectivity index (χ3v) is 2.70. The lowest BCUT2D eigenvalue weighted by atomic mass is 9.85. The predicted octanol–water partition coefficient (Wildman–Crippen LogP) is 2.29. The van der Waals surface area contributed by atoms with Gasteiger partial charge in [-0.25, -0.2) is 0 Å². The van der Waals surface area contributed by atoms with Crippen LogP contribution in [-0.4, -0.2) is 25.0 Å². The first-order chi connectivity index (χ1) is 5.16. The summed E-state index contributed by atoms with van der Waals surface area (Å²) in [7, 11) is 2.21. The van der Waals surface area contributed by atoms with Crippen LogP contribution in [0.15, 0.2) is 12.7 Å². The molecule has 1 aliphatic heterocycles. The second-order valence-electron chi connectivity index (χ2n) is 4.13. The molecule has 0 amide bonds. The molecule has 1 fully saturated rings. The third-order valence-electron chi connectivity index (χ3n) is 2.70. The smallest absolute Gasteiger partial charge is 0.00329 e. The van der Waals surface area contributed by atoms with Gasteiger partial charge in [-0.15, -0.1) is 6.58 Å². The first kappa shape index (κ1) is 8.79. The van der Waals surface area contributed by atoms with Gasteiger partial charge in [0.2, 0.25) is 0 Å². The maximum atomic E-state index is 3.76. The van der Waals surface area contributed by atoms with E-state index in [1.807, 2.05) is 6.08 Å². The Kier molecular flexibility index (Phi) is 2.72.